The summed E-state index contributed by atoms with van der Waals surface area (Å²) in [7, 11) is 2.08. The highest BCUT2D eigenvalue weighted by atomic mass is 35.5. The van der Waals surface area contributed by atoms with Crippen LogP contribution in [0.2, 0.25) is 5.02 Å². The first kappa shape index (κ1) is 75.8. The van der Waals surface area contributed by atoms with Crippen molar-refractivity contribution in [3.05, 3.63) is 237 Å². The maximum atomic E-state index is 12.3. The topological polar surface area (TPSA) is 326 Å². The van der Waals surface area contributed by atoms with E-state index < -0.39 is 73.2 Å². The van der Waals surface area contributed by atoms with Crippen molar-refractivity contribution in [3.63, 3.8) is 0 Å². The zero-order valence-electron chi connectivity index (χ0n) is 63.5. The molecule has 12 heterocycles. The van der Waals surface area contributed by atoms with Gasteiger partial charge in [0.15, 0.2) is 0 Å². The van der Waals surface area contributed by atoms with Crippen LogP contribution in [0.15, 0.2) is 165 Å². The molecule has 588 valence electrons. The van der Waals surface area contributed by atoms with Crippen molar-refractivity contribution in [2.24, 2.45) is 0 Å². The van der Waals surface area contributed by atoms with E-state index in [0.717, 1.165) is 156 Å². The van der Waals surface area contributed by atoms with E-state index in [0.29, 0.717) is 50.1 Å². The second kappa shape index (κ2) is 31.5. The molecule has 4 aliphatic heterocycles. The number of aliphatic hydroxyl groups excluding tert-OH is 8. The molecule has 0 bridgehead atoms. The number of hydrogen-bond acceptors (Lipinski definition) is 20. The van der Waals surface area contributed by atoms with E-state index in [1.54, 1.807) is 30.9 Å². The largest absolute Gasteiger partial charge is 0.487 e. The Hall–Kier alpha value is -9.84. The molecule has 16 atom stereocenters. The van der Waals surface area contributed by atoms with E-state index >= 15 is 0 Å². The molecule has 26 heteroatoms. The molecule has 4 aromatic carbocycles. The molecule has 0 radical (unpaired) electrons. The molecule has 113 heavy (non-hydrogen) atoms. The van der Waals surface area contributed by atoms with Gasteiger partial charge in [-0.2, -0.15) is 0 Å². The lowest BCUT2D eigenvalue weighted by atomic mass is 9.99. The van der Waals surface area contributed by atoms with E-state index in [4.69, 9.17) is 30.5 Å². The molecule has 8 aromatic heterocycles. The average Bonchev–Trinajstić information content (AvgIpc) is 1.63. The van der Waals surface area contributed by atoms with Crippen molar-refractivity contribution in [2.45, 2.75) is 196 Å². The normalized spacial score (nSPS) is 26.9. The number of aryl methyl sites for hydroxylation is 4. The Morgan fingerprint density at radius 2 is 0.779 bits per heavy atom. The summed E-state index contributed by atoms with van der Waals surface area (Å²) < 4.78 is 32.6. The van der Waals surface area contributed by atoms with E-state index in [-0.39, 0.29) is 30.1 Å². The third-order valence-corrected chi connectivity index (χ3v) is 24.8. The van der Waals surface area contributed by atoms with E-state index in [9.17, 15) is 45.6 Å². The minimum absolute atomic E-state index is 0.164. The smallest absolute Gasteiger partial charge is 0.255 e. The summed E-state index contributed by atoms with van der Waals surface area (Å²) in [5, 5.41) is 100. The van der Waals surface area contributed by atoms with Crippen molar-refractivity contribution < 1.29 is 64.6 Å². The summed E-state index contributed by atoms with van der Waals surface area (Å²) in [6.45, 7) is 13.7. The molecule has 4 saturated carbocycles. The quantitative estimate of drug-likeness (QED) is 0.0543. The molecule has 8 unspecified atom stereocenters. The van der Waals surface area contributed by atoms with Crippen molar-refractivity contribution in [2.75, 3.05) is 20.1 Å². The average molecular weight is 1550 g/mol. The van der Waals surface area contributed by atoms with Crippen LogP contribution < -0.4 is 34.9 Å². The van der Waals surface area contributed by atoms with Gasteiger partial charge in [-0.3, -0.25) is 9.69 Å². The van der Waals surface area contributed by atoms with Crippen molar-refractivity contribution in [1.29, 1.82) is 0 Å². The highest BCUT2D eigenvalue weighted by Gasteiger charge is 2.49. The van der Waals surface area contributed by atoms with Gasteiger partial charge in [-0.1, -0.05) is 48.0 Å². The number of rotatable bonds is 12. The molecular formula is C87H95ClN12O13. The predicted octanol–water partition coefficient (Wildman–Crippen LogP) is 8.97. The van der Waals surface area contributed by atoms with Crippen LogP contribution >= 0.6 is 11.6 Å². The molecule has 12 aromatic rings. The number of nitrogens with zero attached hydrogens (tertiary/aromatic N) is 9. The number of amides is 1. The standard InChI is InChI=1S/C22H24ClN3O3.C22H23N3O4.C22H25N3O3.C21H23N3O3/c1-12-4-8-25-22-13(12)6-9-26(22)17-10-19(21(28)20(17)27)29-18-3-2-16(23)14-5-7-24-11-15(14)18;1-12-5-8-23-21-14(12)7-10-25(21)15-11-17(20(27)19(15)26)29-16-4-2-3-13-6-9-24-22(28)18(13)16;1-13-6-8-23-22-15(13)7-9-25(22)17-10-19(21(27)20(17)26)28-18-5-3-4-14-11-24(2)12-16(14)18;1-12-5-7-23-21-14(12)6-8-24(21)16-9-18(20(26)19(16)25)27-17-4-2-3-13-10-22-11-15(13)17/h2-4,6,8-9,17,19-21,24,27-28H,5,7,10-11H2,1H3;2-5,7-8,10,15,17,19-20,26-27H,6,9,11H2,1H3,(H,24,28);3-9,17,19-21,26-27H,10-12H2,1-2H3;2-8,16,18-20,22,25-26H,9-11H2,1H3/t17?,19?,20-,21+;15?,17?,19-,20+;17?,19?,20-,21+;16?,18?,19-,20+/m0000/s1. The Bertz CT molecular complexity index is 5530. The fourth-order valence-corrected chi connectivity index (χ4v) is 18.5. The first-order chi connectivity index (χ1) is 54.7. The molecule has 20 rings (SSSR count). The number of aromatic nitrogens is 8. The second-order valence-corrected chi connectivity index (χ2v) is 31.8. The number of benzene rings is 4. The minimum atomic E-state index is -1.07. The maximum absolute atomic E-state index is 12.3. The van der Waals surface area contributed by atoms with Gasteiger partial charge in [-0.25, -0.2) is 19.9 Å². The van der Waals surface area contributed by atoms with Crippen LogP contribution in [-0.4, -0.2) is 183 Å². The van der Waals surface area contributed by atoms with Gasteiger partial charge < -0.3 is 94.0 Å². The first-order valence-electron chi connectivity index (χ1n) is 39.1. The van der Waals surface area contributed by atoms with Crippen molar-refractivity contribution >= 4 is 61.6 Å². The van der Waals surface area contributed by atoms with Crippen LogP contribution in [0.5, 0.6) is 23.0 Å². The van der Waals surface area contributed by atoms with Crippen LogP contribution in [0, 0.1) is 27.7 Å². The Morgan fingerprint density at radius 1 is 0.389 bits per heavy atom. The number of fused-ring (bicyclic) bond motifs is 8. The van der Waals surface area contributed by atoms with Crippen LogP contribution in [-0.2, 0) is 45.6 Å². The van der Waals surface area contributed by atoms with Gasteiger partial charge in [0.05, 0.1) is 29.7 Å². The van der Waals surface area contributed by atoms with E-state index in [1.807, 2.05) is 168 Å². The molecule has 8 aliphatic rings. The third kappa shape index (κ3) is 14.3. The zero-order valence-corrected chi connectivity index (χ0v) is 64.3. The summed E-state index contributed by atoms with van der Waals surface area (Å²) in [5.41, 5.74) is 16.2. The van der Waals surface area contributed by atoms with Crippen LogP contribution in [0.3, 0.4) is 0 Å². The number of carbonyl (C=O) groups is 1. The molecule has 0 saturated heterocycles. The number of halogens is 1. The lowest BCUT2D eigenvalue weighted by Crippen LogP contribution is -2.36. The van der Waals surface area contributed by atoms with Crippen LogP contribution in [0.25, 0.3) is 44.1 Å². The Morgan fingerprint density at radius 3 is 1.23 bits per heavy atom. The van der Waals surface area contributed by atoms with E-state index in [2.05, 4.69) is 60.0 Å². The van der Waals surface area contributed by atoms with Crippen molar-refractivity contribution in [1.82, 2.24) is 59.1 Å². The minimum Gasteiger partial charge on any atom is -0.487 e. The van der Waals surface area contributed by atoms with Gasteiger partial charge in [0.1, 0.15) is 119 Å². The highest BCUT2D eigenvalue weighted by molar-refractivity contribution is 6.31. The number of ether oxygens (including phenoxy) is 4. The molecule has 1 amide bonds. The van der Waals surface area contributed by atoms with Gasteiger partial charge in [0, 0.05) is 158 Å². The number of aliphatic hydroxyl groups is 8. The van der Waals surface area contributed by atoms with Crippen LogP contribution in [0.4, 0.5) is 0 Å². The molecule has 11 N–H and O–H groups in total. The van der Waals surface area contributed by atoms with Crippen LogP contribution in [0.1, 0.15) is 121 Å². The summed E-state index contributed by atoms with van der Waals surface area (Å²) in [4.78, 5) is 32.5. The Labute approximate surface area is 658 Å². The SMILES string of the molecule is Cc1ccnc2c1ccn2C1CC(Oc2ccc(Cl)c3c2CNCC3)[C@@H](O)[C@H]1O.Cc1ccnc2c1ccn2C1CC(Oc2cccc3c2C(=O)NCC3)[C@@H](O)[C@H]1O.Cc1ccnc2c1ccn2C1CC(Oc2cccc3c2CN(C)C3)[C@@H](O)[C@H]1O.Cc1ccnc2c1ccn2C1CC(Oc2cccc3c2CNC3)[C@@H](O)[C@H]1O. The number of pyridine rings is 4. The van der Waals surface area contributed by atoms with Crippen molar-refractivity contribution in [3.8, 4) is 23.0 Å². The third-order valence-electron chi connectivity index (χ3n) is 24.4. The Kier molecular flexibility index (Phi) is 21.1. The Balaban J connectivity index is 0.000000109. The predicted molar refractivity (Wildman–Crippen MR) is 426 cm³/mol. The number of nitrogens with one attached hydrogen (secondary N) is 3. The molecule has 0 spiro atoms. The summed E-state index contributed by atoms with van der Waals surface area (Å²) in [5.74, 6) is 2.61. The summed E-state index contributed by atoms with van der Waals surface area (Å²) in [6.07, 6.45) is 8.64. The zero-order chi connectivity index (χ0) is 78.2. The lowest BCUT2D eigenvalue weighted by Gasteiger charge is -2.25. The molecular weight excluding hydrogens is 1460 g/mol. The number of carbonyl (C=O) groups excluding carboxylic acids is 1. The number of hydrogen-bond donors (Lipinski definition) is 11. The lowest BCUT2D eigenvalue weighted by molar-refractivity contribution is -0.0166. The van der Waals surface area contributed by atoms with Gasteiger partial charge in [0.2, 0.25) is 0 Å². The fourth-order valence-electron chi connectivity index (χ4n) is 18.2. The van der Waals surface area contributed by atoms with Gasteiger partial charge in [-0.05, 0) is 177 Å². The highest BCUT2D eigenvalue weighted by Crippen LogP contribution is 2.44. The fraction of sp³-hybridized carbons (Fsp3) is 0.391. The summed E-state index contributed by atoms with van der Waals surface area (Å²) >= 11 is 6.36. The summed E-state index contributed by atoms with van der Waals surface area (Å²) in [6, 6.07) is 36.0. The monoisotopic (exact) mass is 1550 g/mol. The second-order valence-electron chi connectivity index (χ2n) is 31.4. The van der Waals surface area contributed by atoms with Gasteiger partial charge in [0.25, 0.3) is 5.91 Å². The maximum Gasteiger partial charge on any atom is 0.255 e. The first-order valence-corrected chi connectivity index (χ1v) is 39.4. The molecule has 4 fully saturated rings. The molecule has 25 nitrogen and oxygen atoms in total. The molecule has 4 aliphatic carbocycles. The van der Waals surface area contributed by atoms with Gasteiger partial charge >= 0.3 is 0 Å². The van der Waals surface area contributed by atoms with E-state index in [1.165, 1.54) is 16.7 Å². The van der Waals surface area contributed by atoms with Gasteiger partial charge in [-0.15, -0.1) is 0 Å².